The molecule has 0 saturated heterocycles. The third-order valence-electron chi connectivity index (χ3n) is 3.72. The van der Waals surface area contributed by atoms with Crippen LogP contribution in [-0.2, 0) is 14.8 Å². The minimum absolute atomic E-state index is 0.00875. The molecule has 2 N–H and O–H groups in total. The van der Waals surface area contributed by atoms with E-state index in [9.17, 15) is 13.2 Å². The normalized spacial score (nSPS) is 14.9. The Balaban J connectivity index is 1.80. The maximum absolute atomic E-state index is 12.7. The molecule has 1 aromatic carbocycles. The van der Waals surface area contributed by atoms with Crippen LogP contribution in [0.4, 0.5) is 5.13 Å². The maximum atomic E-state index is 12.7. The van der Waals surface area contributed by atoms with Crippen molar-refractivity contribution in [3.05, 3.63) is 29.8 Å². The van der Waals surface area contributed by atoms with E-state index in [-0.39, 0.29) is 10.8 Å². The molecule has 1 aliphatic rings. The second-order valence-corrected chi connectivity index (χ2v) is 8.58. The molecule has 8 nitrogen and oxygen atoms in total. The molecule has 0 saturated carbocycles. The zero-order valence-electron chi connectivity index (χ0n) is 14.3. The number of sulfonamides is 1. The number of hydrogen-bond donors (Lipinski definition) is 2. The first-order valence-electron chi connectivity index (χ1n) is 7.99. The largest absolute Gasteiger partial charge is 0.486 e. The molecule has 1 amide bonds. The molecular weight excluding hydrogens is 378 g/mol. The third-order valence-corrected chi connectivity index (χ3v) is 5.84. The highest BCUT2D eigenvalue weighted by Gasteiger charge is 2.29. The van der Waals surface area contributed by atoms with Crippen LogP contribution in [0.1, 0.15) is 13.8 Å². The Morgan fingerprint density at radius 2 is 1.96 bits per heavy atom. The van der Waals surface area contributed by atoms with Crippen LogP contribution in [0.5, 0.6) is 11.5 Å². The van der Waals surface area contributed by atoms with Crippen molar-refractivity contribution in [2.24, 2.45) is 5.92 Å². The number of carbonyl (C=O) groups excluding carboxylic acids is 1. The van der Waals surface area contributed by atoms with Crippen LogP contribution in [0, 0.1) is 5.92 Å². The molecule has 2 aromatic rings. The molecule has 0 spiro atoms. The van der Waals surface area contributed by atoms with Crippen molar-refractivity contribution in [3.63, 3.8) is 0 Å². The predicted octanol–water partition coefficient (Wildman–Crippen LogP) is 1.86. The third kappa shape index (κ3) is 4.14. The van der Waals surface area contributed by atoms with Crippen LogP contribution < -0.4 is 19.5 Å². The SMILES string of the molecule is CC(C)[C@@H](NS(=O)(=O)c1ccc2c(c1)OCCO2)C(=O)Nc1nccs1. The Kier molecular flexibility index (Phi) is 5.44. The smallest absolute Gasteiger partial charge is 0.244 e. The summed E-state index contributed by atoms with van der Waals surface area (Å²) in [6.07, 6.45) is 1.56. The molecule has 0 aliphatic carbocycles. The minimum atomic E-state index is -3.93. The van der Waals surface area contributed by atoms with Gasteiger partial charge in [0.2, 0.25) is 15.9 Å². The first kappa shape index (κ1) is 18.6. The molecule has 0 bridgehead atoms. The van der Waals surface area contributed by atoms with Gasteiger partial charge in [-0.25, -0.2) is 13.4 Å². The summed E-state index contributed by atoms with van der Waals surface area (Å²) in [6, 6.07) is 3.42. The lowest BCUT2D eigenvalue weighted by molar-refractivity contribution is -0.118. The van der Waals surface area contributed by atoms with Gasteiger partial charge >= 0.3 is 0 Å². The average Bonchev–Trinajstić information content (AvgIpc) is 3.12. The van der Waals surface area contributed by atoms with E-state index >= 15 is 0 Å². The van der Waals surface area contributed by atoms with Gasteiger partial charge in [0.05, 0.1) is 4.90 Å². The minimum Gasteiger partial charge on any atom is -0.486 e. The van der Waals surface area contributed by atoms with Crippen LogP contribution in [0.2, 0.25) is 0 Å². The van der Waals surface area contributed by atoms with Crippen molar-refractivity contribution in [2.75, 3.05) is 18.5 Å². The summed E-state index contributed by atoms with van der Waals surface area (Å²) < 4.78 is 38.8. The standard InChI is InChI=1S/C16H19N3O5S2/c1-10(2)14(15(20)18-16-17-5-8-25-16)19-26(21,22)11-3-4-12-13(9-11)24-7-6-23-12/h3-5,8-10,14,19H,6-7H2,1-2H3,(H,17,18,20)/t14-/m1/s1. The monoisotopic (exact) mass is 397 g/mol. The molecular formula is C16H19N3O5S2. The molecule has 10 heteroatoms. The number of rotatable bonds is 6. The molecule has 1 atom stereocenters. The van der Waals surface area contributed by atoms with Gasteiger partial charge in [-0.2, -0.15) is 4.72 Å². The van der Waals surface area contributed by atoms with Crippen LogP contribution in [0.25, 0.3) is 0 Å². The van der Waals surface area contributed by atoms with Gasteiger partial charge in [0.15, 0.2) is 16.6 Å². The number of thiazole rings is 1. The van der Waals surface area contributed by atoms with Crippen molar-refractivity contribution in [1.29, 1.82) is 0 Å². The Labute approximate surface area is 155 Å². The Morgan fingerprint density at radius 3 is 2.62 bits per heavy atom. The maximum Gasteiger partial charge on any atom is 0.244 e. The average molecular weight is 397 g/mol. The highest BCUT2D eigenvalue weighted by atomic mass is 32.2. The van der Waals surface area contributed by atoms with Gasteiger partial charge in [-0.1, -0.05) is 13.8 Å². The van der Waals surface area contributed by atoms with Crippen LogP contribution in [0.3, 0.4) is 0 Å². The number of hydrogen-bond acceptors (Lipinski definition) is 7. The summed E-state index contributed by atoms with van der Waals surface area (Å²) in [5.74, 6) is 0.141. The zero-order chi connectivity index (χ0) is 18.7. The number of carbonyl (C=O) groups is 1. The second kappa shape index (κ2) is 7.60. The fourth-order valence-corrected chi connectivity index (χ4v) is 4.28. The lowest BCUT2D eigenvalue weighted by atomic mass is 10.1. The molecule has 26 heavy (non-hydrogen) atoms. The highest BCUT2D eigenvalue weighted by Crippen LogP contribution is 2.32. The van der Waals surface area contributed by atoms with E-state index in [1.54, 1.807) is 31.5 Å². The van der Waals surface area contributed by atoms with E-state index in [1.165, 1.54) is 23.5 Å². The number of aromatic nitrogens is 1. The van der Waals surface area contributed by atoms with Gasteiger partial charge in [-0.05, 0) is 18.1 Å². The fraction of sp³-hybridized carbons (Fsp3) is 0.375. The van der Waals surface area contributed by atoms with E-state index in [2.05, 4.69) is 15.0 Å². The first-order chi connectivity index (χ1) is 12.4. The number of nitrogens with one attached hydrogen (secondary N) is 2. The molecule has 2 heterocycles. The van der Waals surface area contributed by atoms with Gasteiger partial charge in [0.1, 0.15) is 19.3 Å². The predicted molar refractivity (Wildman–Crippen MR) is 97.1 cm³/mol. The van der Waals surface area contributed by atoms with Crippen molar-refractivity contribution in [3.8, 4) is 11.5 Å². The Hall–Kier alpha value is -2.17. The first-order valence-corrected chi connectivity index (χ1v) is 10.4. The molecule has 0 unspecified atom stereocenters. The summed E-state index contributed by atoms with van der Waals surface area (Å²) in [6.45, 7) is 4.30. The van der Waals surface area contributed by atoms with Crippen molar-refractivity contribution in [2.45, 2.75) is 24.8 Å². The Bertz CT molecular complexity index is 881. The van der Waals surface area contributed by atoms with Crippen molar-refractivity contribution < 1.29 is 22.7 Å². The molecule has 140 valence electrons. The number of anilines is 1. The Morgan fingerprint density at radius 1 is 1.23 bits per heavy atom. The summed E-state index contributed by atoms with van der Waals surface area (Å²) in [7, 11) is -3.93. The summed E-state index contributed by atoms with van der Waals surface area (Å²) in [5.41, 5.74) is 0. The van der Waals surface area contributed by atoms with Crippen LogP contribution in [-0.4, -0.2) is 38.6 Å². The lowest BCUT2D eigenvalue weighted by Gasteiger charge is -2.22. The van der Waals surface area contributed by atoms with E-state index in [0.29, 0.717) is 29.8 Å². The molecule has 3 rings (SSSR count). The summed E-state index contributed by atoms with van der Waals surface area (Å²) >= 11 is 1.26. The highest BCUT2D eigenvalue weighted by molar-refractivity contribution is 7.89. The molecule has 1 aliphatic heterocycles. The van der Waals surface area contributed by atoms with Gasteiger partial charge in [-0.15, -0.1) is 11.3 Å². The molecule has 0 radical (unpaired) electrons. The molecule has 1 aromatic heterocycles. The zero-order valence-corrected chi connectivity index (χ0v) is 15.9. The second-order valence-electron chi connectivity index (χ2n) is 5.97. The number of fused-ring (bicyclic) bond motifs is 1. The number of ether oxygens (including phenoxy) is 2. The number of benzene rings is 1. The quantitative estimate of drug-likeness (QED) is 0.771. The van der Waals surface area contributed by atoms with E-state index in [1.807, 2.05) is 0 Å². The number of amides is 1. The van der Waals surface area contributed by atoms with E-state index in [4.69, 9.17) is 9.47 Å². The summed E-state index contributed by atoms with van der Waals surface area (Å²) in [4.78, 5) is 16.5. The van der Waals surface area contributed by atoms with Gasteiger partial charge < -0.3 is 14.8 Å². The lowest BCUT2D eigenvalue weighted by Crippen LogP contribution is -2.47. The van der Waals surface area contributed by atoms with Gasteiger partial charge in [-0.3, -0.25) is 4.79 Å². The van der Waals surface area contributed by atoms with Crippen molar-refractivity contribution >= 4 is 32.4 Å². The van der Waals surface area contributed by atoms with E-state index in [0.717, 1.165) is 0 Å². The fourth-order valence-electron chi connectivity index (χ4n) is 2.39. The summed E-state index contributed by atoms with van der Waals surface area (Å²) in [5, 5.41) is 4.76. The molecule has 0 fully saturated rings. The topological polar surface area (TPSA) is 107 Å². The van der Waals surface area contributed by atoms with Crippen molar-refractivity contribution in [1.82, 2.24) is 9.71 Å². The van der Waals surface area contributed by atoms with Crippen LogP contribution in [0.15, 0.2) is 34.7 Å². The van der Waals surface area contributed by atoms with Crippen LogP contribution >= 0.6 is 11.3 Å². The van der Waals surface area contributed by atoms with Gasteiger partial charge in [0.25, 0.3) is 0 Å². The van der Waals surface area contributed by atoms with Gasteiger partial charge in [0, 0.05) is 17.6 Å². The number of nitrogens with zero attached hydrogens (tertiary/aromatic N) is 1. The van der Waals surface area contributed by atoms with E-state index < -0.39 is 22.0 Å².